The van der Waals surface area contributed by atoms with Crippen molar-refractivity contribution < 1.29 is 0 Å². The molecule has 0 atom stereocenters. The molecule has 0 bridgehead atoms. The molecular formula is C7H16N2. The summed E-state index contributed by atoms with van der Waals surface area (Å²) in [5.41, 5.74) is 0. The molecule has 9 heavy (non-hydrogen) atoms. The second kappa shape index (κ2) is 4.36. The molecule has 0 aromatic carbocycles. The lowest BCUT2D eigenvalue weighted by Crippen LogP contribution is -2.27. The van der Waals surface area contributed by atoms with Crippen LogP contribution in [0, 0.1) is 0 Å². The average molecular weight is 128 g/mol. The van der Waals surface area contributed by atoms with Gasteiger partial charge in [0.05, 0.1) is 5.84 Å². The van der Waals surface area contributed by atoms with E-state index in [-0.39, 0.29) is 0 Å². The summed E-state index contributed by atoms with van der Waals surface area (Å²) < 4.78 is 0. The molecule has 54 valence electrons. The van der Waals surface area contributed by atoms with E-state index in [0.717, 1.165) is 18.9 Å². The fraction of sp³-hybridized carbons (Fsp3) is 0.857. The zero-order chi connectivity index (χ0) is 7.28. The highest BCUT2D eigenvalue weighted by Gasteiger charge is 1.96. The maximum Gasteiger partial charge on any atom is 0.0953 e. The van der Waals surface area contributed by atoms with Crippen LogP contribution in [0.25, 0.3) is 0 Å². The molecule has 0 heterocycles. The van der Waals surface area contributed by atoms with Gasteiger partial charge in [0, 0.05) is 20.1 Å². The number of amidine groups is 1. The third-order valence-corrected chi connectivity index (χ3v) is 1.54. The Hall–Kier alpha value is -0.530. The van der Waals surface area contributed by atoms with Crippen LogP contribution < -0.4 is 0 Å². The molecule has 0 rings (SSSR count). The molecule has 0 aliphatic heterocycles. The summed E-state index contributed by atoms with van der Waals surface area (Å²) >= 11 is 0. The minimum Gasteiger partial charge on any atom is -0.361 e. The fourth-order valence-electron chi connectivity index (χ4n) is 0.823. The third-order valence-electron chi connectivity index (χ3n) is 1.54. The Balaban J connectivity index is 3.79. The fourth-order valence-corrected chi connectivity index (χ4v) is 0.823. The van der Waals surface area contributed by atoms with Crippen LogP contribution in [0.1, 0.15) is 20.8 Å². The second-order valence-corrected chi connectivity index (χ2v) is 1.94. The van der Waals surface area contributed by atoms with E-state index in [0.29, 0.717) is 0 Å². The molecule has 2 heteroatoms. The Bertz CT molecular complexity index is 93.1. The van der Waals surface area contributed by atoms with Gasteiger partial charge in [0.25, 0.3) is 0 Å². The van der Waals surface area contributed by atoms with Gasteiger partial charge < -0.3 is 4.90 Å². The van der Waals surface area contributed by atoms with Gasteiger partial charge in [0.1, 0.15) is 0 Å². The molecule has 0 aliphatic rings. The molecule has 0 radical (unpaired) electrons. The largest absolute Gasteiger partial charge is 0.361 e. The van der Waals surface area contributed by atoms with Crippen molar-refractivity contribution in [2.45, 2.75) is 20.8 Å². The number of aliphatic imine (C=N–C) groups is 1. The molecule has 0 spiro atoms. The summed E-state index contributed by atoms with van der Waals surface area (Å²) in [4.78, 5) is 6.30. The SMILES string of the molecule is CCN(CC)/C(C)=N\C. The van der Waals surface area contributed by atoms with E-state index in [1.807, 2.05) is 14.0 Å². The monoisotopic (exact) mass is 128 g/mol. The molecule has 0 amide bonds. The number of nitrogens with zero attached hydrogens (tertiary/aromatic N) is 2. The molecule has 0 fully saturated rings. The smallest absolute Gasteiger partial charge is 0.0953 e. The first-order valence-corrected chi connectivity index (χ1v) is 3.44. The van der Waals surface area contributed by atoms with Crippen molar-refractivity contribution in [3.05, 3.63) is 0 Å². The standard InChI is InChI=1S/C7H16N2/c1-5-9(6-2)7(3)8-4/h5-6H2,1-4H3/b8-7-. The summed E-state index contributed by atoms with van der Waals surface area (Å²) in [6.07, 6.45) is 0. The number of hydrogen-bond donors (Lipinski definition) is 0. The Morgan fingerprint density at radius 3 is 1.89 bits per heavy atom. The number of hydrogen-bond acceptors (Lipinski definition) is 1. The van der Waals surface area contributed by atoms with Gasteiger partial charge in [-0.15, -0.1) is 0 Å². The van der Waals surface area contributed by atoms with Gasteiger partial charge >= 0.3 is 0 Å². The highest BCUT2D eigenvalue weighted by molar-refractivity contribution is 5.79. The summed E-state index contributed by atoms with van der Waals surface area (Å²) in [6.45, 7) is 8.42. The molecule has 0 aromatic rings. The van der Waals surface area contributed by atoms with E-state index in [2.05, 4.69) is 23.7 Å². The van der Waals surface area contributed by atoms with Crippen molar-refractivity contribution in [2.24, 2.45) is 4.99 Å². The molecule has 0 saturated heterocycles. The van der Waals surface area contributed by atoms with Gasteiger partial charge in [-0.05, 0) is 20.8 Å². The third kappa shape index (κ3) is 2.49. The Kier molecular flexibility index (Phi) is 4.10. The normalized spacial score (nSPS) is 11.8. The predicted octanol–water partition coefficient (Wildman–Crippen LogP) is 1.38. The second-order valence-electron chi connectivity index (χ2n) is 1.94. The molecule has 0 aliphatic carbocycles. The Morgan fingerprint density at radius 2 is 1.78 bits per heavy atom. The molecule has 0 N–H and O–H groups in total. The van der Waals surface area contributed by atoms with Crippen LogP contribution in [0.5, 0.6) is 0 Å². The summed E-state index contributed by atoms with van der Waals surface area (Å²) in [6, 6.07) is 0. The maximum atomic E-state index is 4.07. The van der Waals surface area contributed by atoms with E-state index in [1.54, 1.807) is 0 Å². The van der Waals surface area contributed by atoms with Crippen molar-refractivity contribution in [3.63, 3.8) is 0 Å². The number of rotatable bonds is 2. The van der Waals surface area contributed by atoms with Crippen LogP contribution in [-0.2, 0) is 0 Å². The van der Waals surface area contributed by atoms with Gasteiger partial charge in [-0.2, -0.15) is 0 Å². The van der Waals surface area contributed by atoms with E-state index < -0.39 is 0 Å². The zero-order valence-corrected chi connectivity index (χ0v) is 6.81. The van der Waals surface area contributed by atoms with Gasteiger partial charge in [0.15, 0.2) is 0 Å². The van der Waals surface area contributed by atoms with E-state index in [4.69, 9.17) is 0 Å². The van der Waals surface area contributed by atoms with Gasteiger partial charge in [-0.1, -0.05) is 0 Å². The molecule has 0 aromatic heterocycles. The molecule has 0 saturated carbocycles. The Labute approximate surface area is 57.6 Å². The highest BCUT2D eigenvalue weighted by Crippen LogP contribution is 1.88. The van der Waals surface area contributed by atoms with Crippen LogP contribution >= 0.6 is 0 Å². The maximum absolute atomic E-state index is 4.07. The minimum absolute atomic E-state index is 1.06. The van der Waals surface area contributed by atoms with Crippen LogP contribution in [-0.4, -0.2) is 30.9 Å². The van der Waals surface area contributed by atoms with Crippen molar-refractivity contribution in [1.29, 1.82) is 0 Å². The lowest BCUT2D eigenvalue weighted by molar-refractivity contribution is 0.462. The average Bonchev–Trinajstić information content (AvgIpc) is 1.90. The topological polar surface area (TPSA) is 15.6 Å². The molecule has 0 unspecified atom stereocenters. The van der Waals surface area contributed by atoms with Gasteiger partial charge in [-0.25, -0.2) is 0 Å². The van der Waals surface area contributed by atoms with Crippen molar-refractivity contribution >= 4 is 5.84 Å². The quantitative estimate of drug-likeness (QED) is 0.405. The summed E-state index contributed by atoms with van der Waals surface area (Å²) in [7, 11) is 1.83. The lowest BCUT2D eigenvalue weighted by Gasteiger charge is -2.19. The van der Waals surface area contributed by atoms with Crippen molar-refractivity contribution in [2.75, 3.05) is 20.1 Å². The van der Waals surface area contributed by atoms with Crippen LogP contribution in [0.15, 0.2) is 4.99 Å². The first-order valence-electron chi connectivity index (χ1n) is 3.44. The highest BCUT2D eigenvalue weighted by atomic mass is 15.2. The zero-order valence-electron chi connectivity index (χ0n) is 6.81. The van der Waals surface area contributed by atoms with E-state index in [1.165, 1.54) is 0 Å². The lowest BCUT2D eigenvalue weighted by atomic mass is 10.5. The molecular weight excluding hydrogens is 112 g/mol. The Morgan fingerprint density at radius 1 is 1.33 bits per heavy atom. The first kappa shape index (κ1) is 8.47. The van der Waals surface area contributed by atoms with E-state index >= 15 is 0 Å². The van der Waals surface area contributed by atoms with Crippen LogP contribution in [0.2, 0.25) is 0 Å². The minimum atomic E-state index is 1.06. The first-order chi connectivity index (χ1) is 4.26. The summed E-state index contributed by atoms with van der Waals surface area (Å²) in [5.74, 6) is 1.13. The summed E-state index contributed by atoms with van der Waals surface area (Å²) in [5, 5.41) is 0. The van der Waals surface area contributed by atoms with Crippen LogP contribution in [0.4, 0.5) is 0 Å². The van der Waals surface area contributed by atoms with Crippen molar-refractivity contribution in [3.8, 4) is 0 Å². The van der Waals surface area contributed by atoms with Gasteiger partial charge in [0.2, 0.25) is 0 Å². The van der Waals surface area contributed by atoms with Gasteiger partial charge in [-0.3, -0.25) is 4.99 Å². The van der Waals surface area contributed by atoms with E-state index in [9.17, 15) is 0 Å². The predicted molar refractivity (Wildman–Crippen MR) is 42.0 cm³/mol. The van der Waals surface area contributed by atoms with Crippen LogP contribution in [0.3, 0.4) is 0 Å². The van der Waals surface area contributed by atoms with Crippen molar-refractivity contribution in [1.82, 2.24) is 4.90 Å². The molecule has 2 nitrogen and oxygen atoms in total.